The molecule has 31 heavy (non-hydrogen) atoms. The maximum Gasteiger partial charge on any atom is 0.396 e. The summed E-state index contributed by atoms with van der Waals surface area (Å²) in [5, 5.41) is 2.41. The van der Waals surface area contributed by atoms with Gasteiger partial charge < -0.3 is 9.15 Å². The van der Waals surface area contributed by atoms with Crippen LogP contribution >= 0.6 is 34.5 Å². The van der Waals surface area contributed by atoms with Crippen molar-refractivity contribution >= 4 is 61.6 Å². The Morgan fingerprint density at radius 3 is 2.55 bits per heavy atom. The molecule has 0 amide bonds. The molecule has 1 heterocycles. The van der Waals surface area contributed by atoms with E-state index in [4.69, 9.17) is 32.4 Å². The molecule has 7 heteroatoms. The summed E-state index contributed by atoms with van der Waals surface area (Å²) in [7, 11) is 0. The second-order valence-electron chi connectivity index (χ2n) is 6.77. The van der Waals surface area contributed by atoms with Crippen LogP contribution in [0.3, 0.4) is 0 Å². The van der Waals surface area contributed by atoms with Gasteiger partial charge >= 0.3 is 10.9 Å². The Labute approximate surface area is 190 Å². The van der Waals surface area contributed by atoms with Crippen molar-refractivity contribution in [2.24, 2.45) is 0 Å². The maximum absolute atomic E-state index is 13.0. The molecule has 5 aromatic rings. The van der Waals surface area contributed by atoms with Crippen molar-refractivity contribution in [1.29, 1.82) is 0 Å². The summed E-state index contributed by atoms with van der Waals surface area (Å²) in [4.78, 5) is 24.4. The molecule has 4 aromatic carbocycles. The number of halogens is 2. The lowest BCUT2D eigenvalue weighted by Crippen LogP contribution is -2.09. The summed E-state index contributed by atoms with van der Waals surface area (Å²) in [5.74, 6) is -0.233. The molecule has 0 bridgehead atoms. The van der Waals surface area contributed by atoms with Crippen molar-refractivity contribution in [2.75, 3.05) is 0 Å². The third-order valence-electron chi connectivity index (χ3n) is 4.87. The molecular formula is C24H12Cl2O4S. The largest absolute Gasteiger partial charge is 0.423 e. The fourth-order valence-corrected chi connectivity index (χ4v) is 4.61. The van der Waals surface area contributed by atoms with Gasteiger partial charge in [0.25, 0.3) is 0 Å². The molecule has 4 nitrogen and oxygen atoms in total. The quantitative estimate of drug-likeness (QED) is 0.208. The number of benzene rings is 4. The van der Waals surface area contributed by atoms with Crippen LogP contribution in [0.1, 0.15) is 10.4 Å². The highest BCUT2D eigenvalue weighted by atomic mass is 35.5. The van der Waals surface area contributed by atoms with E-state index in [0.717, 1.165) is 22.1 Å². The number of rotatable bonds is 3. The summed E-state index contributed by atoms with van der Waals surface area (Å²) in [6.07, 6.45) is 0. The molecule has 0 aliphatic rings. The fraction of sp³-hybridized carbons (Fsp3) is 0. The Morgan fingerprint density at radius 2 is 1.68 bits per heavy atom. The Bertz CT molecular complexity index is 1530. The number of ether oxygens (including phenoxy) is 1. The molecule has 0 saturated heterocycles. The third-order valence-corrected chi connectivity index (χ3v) is 6.46. The van der Waals surface area contributed by atoms with Gasteiger partial charge in [-0.3, -0.25) is 0 Å². The highest BCUT2D eigenvalue weighted by Gasteiger charge is 2.19. The Morgan fingerprint density at radius 1 is 0.903 bits per heavy atom. The molecule has 1 aromatic heterocycles. The van der Waals surface area contributed by atoms with Crippen LogP contribution in [-0.2, 0) is 0 Å². The average molecular weight is 467 g/mol. The van der Waals surface area contributed by atoms with Gasteiger partial charge in [-0.05, 0) is 29.0 Å². The summed E-state index contributed by atoms with van der Waals surface area (Å²) >= 11 is 13.5. The lowest BCUT2D eigenvalue weighted by atomic mass is 10.0. The third kappa shape index (κ3) is 3.61. The van der Waals surface area contributed by atoms with Crippen molar-refractivity contribution in [3.05, 3.63) is 98.1 Å². The van der Waals surface area contributed by atoms with E-state index in [-0.39, 0.29) is 5.75 Å². The molecule has 152 valence electrons. The molecule has 0 unspecified atom stereocenters. The van der Waals surface area contributed by atoms with Crippen LogP contribution < -0.4 is 9.68 Å². The van der Waals surface area contributed by atoms with Crippen LogP contribution in [0.4, 0.5) is 0 Å². The number of hydrogen-bond acceptors (Lipinski definition) is 5. The normalized spacial score (nSPS) is 11.2. The highest BCUT2D eigenvalue weighted by molar-refractivity contribution is 7.16. The first-order valence-electron chi connectivity index (χ1n) is 9.23. The van der Waals surface area contributed by atoms with Crippen molar-refractivity contribution < 1.29 is 13.9 Å². The second-order valence-corrected chi connectivity index (χ2v) is 8.53. The van der Waals surface area contributed by atoms with Crippen molar-refractivity contribution in [1.82, 2.24) is 0 Å². The van der Waals surface area contributed by atoms with Gasteiger partial charge in [0.05, 0.1) is 20.3 Å². The van der Waals surface area contributed by atoms with Crippen LogP contribution in [0.2, 0.25) is 10.0 Å². The number of esters is 1. The molecule has 5 rings (SSSR count). The first-order chi connectivity index (χ1) is 15.0. The standard InChI is InChI=1S/C24H12Cl2O4S/c25-19-10-4-8-16(21(19)26)18-11-14(12-20-22(18)30-24(28)31-20)29-23(27)17-9-3-6-13-5-1-2-7-15(13)17/h1-12H. The molecule has 0 aliphatic heterocycles. The summed E-state index contributed by atoms with van der Waals surface area (Å²) in [6.45, 7) is 0. The van der Waals surface area contributed by atoms with Crippen LogP contribution in [-0.4, -0.2) is 5.97 Å². The van der Waals surface area contributed by atoms with E-state index in [1.807, 2.05) is 30.3 Å². The summed E-state index contributed by atoms with van der Waals surface area (Å²) < 4.78 is 11.6. The maximum atomic E-state index is 13.0. The van der Waals surface area contributed by atoms with E-state index >= 15 is 0 Å². The predicted octanol–water partition coefficient (Wildman–Crippen LogP) is 7.20. The van der Waals surface area contributed by atoms with E-state index < -0.39 is 10.9 Å². The van der Waals surface area contributed by atoms with E-state index in [0.29, 0.717) is 37.0 Å². The average Bonchev–Trinajstić information content (AvgIpc) is 3.15. The number of carbonyl (C=O) groups is 1. The zero-order valence-electron chi connectivity index (χ0n) is 15.7. The lowest BCUT2D eigenvalue weighted by molar-refractivity contribution is 0.0737. The van der Waals surface area contributed by atoms with Crippen molar-refractivity contribution in [2.45, 2.75) is 0 Å². The van der Waals surface area contributed by atoms with Crippen LogP contribution in [0.25, 0.3) is 32.2 Å². The number of carbonyl (C=O) groups excluding carboxylic acids is 1. The van der Waals surface area contributed by atoms with Gasteiger partial charge in [-0.2, -0.15) is 0 Å². The zero-order valence-corrected chi connectivity index (χ0v) is 18.1. The molecule has 0 atom stereocenters. The van der Waals surface area contributed by atoms with Crippen LogP contribution in [0, 0.1) is 0 Å². The van der Waals surface area contributed by atoms with Crippen LogP contribution in [0.5, 0.6) is 5.75 Å². The van der Waals surface area contributed by atoms with Gasteiger partial charge in [0.1, 0.15) is 5.75 Å². The fourth-order valence-electron chi connectivity index (χ4n) is 3.49. The summed E-state index contributed by atoms with van der Waals surface area (Å²) in [6, 6.07) is 21.4. The van der Waals surface area contributed by atoms with Gasteiger partial charge in [0.15, 0.2) is 5.58 Å². The second kappa shape index (κ2) is 7.85. The Hall–Kier alpha value is -3.12. The smallest absolute Gasteiger partial charge is 0.396 e. The molecule has 0 saturated carbocycles. The monoisotopic (exact) mass is 466 g/mol. The van der Waals surface area contributed by atoms with E-state index in [1.54, 1.807) is 42.5 Å². The molecular weight excluding hydrogens is 455 g/mol. The number of hydrogen-bond donors (Lipinski definition) is 0. The number of fused-ring (bicyclic) bond motifs is 2. The molecule has 0 N–H and O–H groups in total. The molecule has 0 fully saturated rings. The van der Waals surface area contributed by atoms with Gasteiger partial charge in [-0.25, -0.2) is 9.59 Å². The molecule has 0 spiro atoms. The molecule has 0 radical (unpaired) electrons. The Kier molecular flexibility index (Phi) is 5.02. The van der Waals surface area contributed by atoms with Crippen LogP contribution in [0.15, 0.2) is 82.0 Å². The Balaban J connectivity index is 1.63. The lowest BCUT2D eigenvalue weighted by Gasteiger charge is -2.11. The zero-order chi connectivity index (χ0) is 21.5. The van der Waals surface area contributed by atoms with E-state index in [1.165, 1.54) is 0 Å². The van der Waals surface area contributed by atoms with Gasteiger partial charge in [-0.1, -0.05) is 83.1 Å². The SMILES string of the molecule is O=C(Oc1cc(-c2cccc(Cl)c2Cl)c2oc(=O)sc2c1)c1cccc2ccccc12. The molecule has 0 aliphatic carbocycles. The van der Waals surface area contributed by atoms with Crippen molar-refractivity contribution in [3.8, 4) is 16.9 Å². The van der Waals surface area contributed by atoms with Crippen molar-refractivity contribution in [3.63, 3.8) is 0 Å². The highest BCUT2D eigenvalue weighted by Crippen LogP contribution is 2.40. The van der Waals surface area contributed by atoms with E-state index in [2.05, 4.69) is 0 Å². The van der Waals surface area contributed by atoms with E-state index in [9.17, 15) is 9.59 Å². The minimum atomic E-state index is -0.505. The van der Waals surface area contributed by atoms with Gasteiger partial charge in [0, 0.05) is 17.2 Å². The predicted molar refractivity (Wildman–Crippen MR) is 125 cm³/mol. The summed E-state index contributed by atoms with van der Waals surface area (Å²) in [5.41, 5.74) is 1.90. The first kappa shape index (κ1) is 19.8. The van der Waals surface area contributed by atoms with Gasteiger partial charge in [0.2, 0.25) is 0 Å². The first-order valence-corrected chi connectivity index (χ1v) is 10.8. The minimum absolute atomic E-state index is 0.272. The van der Waals surface area contributed by atoms with Gasteiger partial charge in [-0.15, -0.1) is 0 Å². The minimum Gasteiger partial charge on any atom is -0.423 e. The topological polar surface area (TPSA) is 56.5 Å².